The number of hydrogen-bond donors (Lipinski definition) is 3. The summed E-state index contributed by atoms with van der Waals surface area (Å²) in [5.74, 6) is 0. The first-order valence-corrected chi connectivity index (χ1v) is 3.08. The molecule has 0 radical (unpaired) electrons. The lowest BCUT2D eigenvalue weighted by molar-refractivity contribution is 0.508. The second-order valence-corrected chi connectivity index (χ2v) is 1.49. The lowest BCUT2D eigenvalue weighted by Crippen LogP contribution is -2.38. The Morgan fingerprint density at radius 2 is 1.75 bits per heavy atom. The summed E-state index contributed by atoms with van der Waals surface area (Å²) in [5, 5.41) is 3.11. The topological polar surface area (TPSA) is 36.1 Å². The van der Waals surface area contributed by atoms with Crippen molar-refractivity contribution < 1.29 is 0 Å². The van der Waals surface area contributed by atoms with Gasteiger partial charge in [0.2, 0.25) is 0 Å². The highest BCUT2D eigenvalue weighted by Gasteiger charge is 1.76. The predicted molar refractivity (Wildman–Crippen MR) is 35.4 cm³/mol. The van der Waals surface area contributed by atoms with Crippen molar-refractivity contribution in [2.75, 3.05) is 19.8 Å². The minimum absolute atomic E-state index is 0.838. The second kappa shape index (κ2) is 6.88. The fourth-order valence-corrected chi connectivity index (χ4v) is 0.375. The maximum absolute atomic E-state index is 3.11. The number of hydrazine groups is 1. The highest BCUT2D eigenvalue weighted by atomic mass is 15.4. The van der Waals surface area contributed by atoms with Gasteiger partial charge < -0.3 is 5.32 Å². The van der Waals surface area contributed by atoms with Crippen LogP contribution in [-0.4, -0.2) is 19.8 Å². The molecule has 0 atom stereocenters. The van der Waals surface area contributed by atoms with Crippen LogP contribution in [0.5, 0.6) is 0 Å². The largest absolute Gasteiger partial charge is 0.304 e. The van der Waals surface area contributed by atoms with Crippen LogP contribution in [0.15, 0.2) is 0 Å². The fourth-order valence-electron chi connectivity index (χ4n) is 0.375. The zero-order valence-electron chi connectivity index (χ0n) is 5.62. The zero-order valence-corrected chi connectivity index (χ0v) is 5.62. The van der Waals surface area contributed by atoms with Gasteiger partial charge in [-0.05, 0) is 6.54 Å². The van der Waals surface area contributed by atoms with Crippen molar-refractivity contribution in [1.82, 2.24) is 16.2 Å². The summed E-state index contributed by atoms with van der Waals surface area (Å²) in [6.45, 7) is 6.95. The summed E-state index contributed by atoms with van der Waals surface area (Å²) in [6.07, 6.45) is 0. The van der Waals surface area contributed by atoms with E-state index in [4.69, 9.17) is 0 Å². The molecule has 3 nitrogen and oxygen atoms in total. The average molecular weight is 117 g/mol. The zero-order chi connectivity index (χ0) is 6.24. The van der Waals surface area contributed by atoms with Gasteiger partial charge in [0.25, 0.3) is 0 Å². The molecule has 0 aromatic carbocycles. The third kappa shape index (κ3) is 5.88. The summed E-state index contributed by atoms with van der Waals surface area (Å²) < 4.78 is 0. The van der Waals surface area contributed by atoms with Gasteiger partial charge in [0.1, 0.15) is 0 Å². The van der Waals surface area contributed by atoms with Gasteiger partial charge in [0.15, 0.2) is 0 Å². The molecule has 0 heterocycles. The minimum Gasteiger partial charge on any atom is -0.304 e. The summed E-state index contributed by atoms with van der Waals surface area (Å²) in [5.41, 5.74) is 5.95. The van der Waals surface area contributed by atoms with Crippen LogP contribution < -0.4 is 16.2 Å². The Labute approximate surface area is 50.8 Å². The van der Waals surface area contributed by atoms with Crippen molar-refractivity contribution in [3.8, 4) is 0 Å². The lowest BCUT2D eigenvalue weighted by Gasteiger charge is -2.02. The fraction of sp³-hybridized carbons (Fsp3) is 1.00. The third-order valence-corrected chi connectivity index (χ3v) is 0.765. The maximum Gasteiger partial charge on any atom is 0.0589 e. The Hall–Kier alpha value is -0.120. The quantitative estimate of drug-likeness (QED) is 0.262. The first kappa shape index (κ1) is 7.88. The summed E-state index contributed by atoms with van der Waals surface area (Å²) >= 11 is 0. The molecule has 50 valence electrons. The SMILES string of the molecule is CCNCNNCC. The predicted octanol–water partition coefficient (Wildman–Crippen LogP) is -0.332. The van der Waals surface area contributed by atoms with Gasteiger partial charge in [-0.15, -0.1) is 0 Å². The number of nitrogens with one attached hydrogen (secondary N) is 3. The van der Waals surface area contributed by atoms with E-state index in [1.165, 1.54) is 0 Å². The average Bonchev–Trinajstić information content (AvgIpc) is 1.81. The van der Waals surface area contributed by atoms with E-state index in [0.717, 1.165) is 19.8 Å². The van der Waals surface area contributed by atoms with E-state index in [2.05, 4.69) is 30.0 Å². The third-order valence-electron chi connectivity index (χ3n) is 0.765. The van der Waals surface area contributed by atoms with Crippen molar-refractivity contribution in [2.45, 2.75) is 13.8 Å². The van der Waals surface area contributed by atoms with Crippen molar-refractivity contribution in [2.24, 2.45) is 0 Å². The molecule has 0 aromatic rings. The summed E-state index contributed by atoms with van der Waals surface area (Å²) in [6, 6.07) is 0. The number of hydrogen-bond acceptors (Lipinski definition) is 3. The smallest absolute Gasteiger partial charge is 0.0589 e. The van der Waals surface area contributed by atoms with E-state index >= 15 is 0 Å². The van der Waals surface area contributed by atoms with E-state index in [9.17, 15) is 0 Å². The molecule has 0 saturated heterocycles. The van der Waals surface area contributed by atoms with Crippen LogP contribution in [-0.2, 0) is 0 Å². The van der Waals surface area contributed by atoms with Crippen LogP contribution in [0.2, 0.25) is 0 Å². The molecule has 8 heavy (non-hydrogen) atoms. The van der Waals surface area contributed by atoms with Gasteiger partial charge in [-0.3, -0.25) is 5.43 Å². The van der Waals surface area contributed by atoms with Crippen LogP contribution in [0.3, 0.4) is 0 Å². The molecule has 0 spiro atoms. The maximum atomic E-state index is 3.11. The molecule has 0 unspecified atom stereocenters. The van der Waals surface area contributed by atoms with E-state index in [1.54, 1.807) is 0 Å². The van der Waals surface area contributed by atoms with Crippen LogP contribution in [0.1, 0.15) is 13.8 Å². The molecule has 0 saturated carbocycles. The van der Waals surface area contributed by atoms with Gasteiger partial charge in [0.05, 0.1) is 6.67 Å². The van der Waals surface area contributed by atoms with Crippen LogP contribution >= 0.6 is 0 Å². The molecular weight excluding hydrogens is 102 g/mol. The Morgan fingerprint density at radius 3 is 2.25 bits per heavy atom. The Balaban J connectivity index is 2.53. The van der Waals surface area contributed by atoms with E-state index < -0.39 is 0 Å². The highest BCUT2D eigenvalue weighted by molar-refractivity contribution is 4.34. The Kier molecular flexibility index (Phi) is 6.78. The minimum atomic E-state index is 0.838. The van der Waals surface area contributed by atoms with Crippen LogP contribution in [0.4, 0.5) is 0 Å². The number of rotatable bonds is 5. The van der Waals surface area contributed by atoms with Gasteiger partial charge in [-0.1, -0.05) is 13.8 Å². The monoisotopic (exact) mass is 117 g/mol. The van der Waals surface area contributed by atoms with Gasteiger partial charge in [0, 0.05) is 6.54 Å². The molecule has 3 N–H and O–H groups in total. The molecule has 0 fully saturated rings. The van der Waals surface area contributed by atoms with E-state index in [0.29, 0.717) is 0 Å². The van der Waals surface area contributed by atoms with Crippen LogP contribution in [0, 0.1) is 0 Å². The molecule has 0 aromatic heterocycles. The molecule has 0 aliphatic rings. The first-order chi connectivity index (χ1) is 3.91. The Bertz CT molecular complexity index is 32.7. The van der Waals surface area contributed by atoms with E-state index in [1.807, 2.05) is 0 Å². The summed E-state index contributed by atoms with van der Waals surface area (Å²) in [4.78, 5) is 0. The molecular formula is C5H15N3. The van der Waals surface area contributed by atoms with Gasteiger partial charge in [-0.2, -0.15) is 0 Å². The first-order valence-electron chi connectivity index (χ1n) is 3.08. The van der Waals surface area contributed by atoms with Gasteiger partial charge >= 0.3 is 0 Å². The Morgan fingerprint density at radius 1 is 1.00 bits per heavy atom. The summed E-state index contributed by atoms with van der Waals surface area (Å²) in [7, 11) is 0. The molecule has 0 rings (SSSR count). The lowest BCUT2D eigenvalue weighted by atomic mass is 10.7. The van der Waals surface area contributed by atoms with Crippen molar-refractivity contribution in [1.29, 1.82) is 0 Å². The molecule has 0 bridgehead atoms. The molecule has 0 aliphatic heterocycles. The molecule has 0 amide bonds. The van der Waals surface area contributed by atoms with Crippen LogP contribution in [0.25, 0.3) is 0 Å². The normalized spacial score (nSPS) is 9.75. The van der Waals surface area contributed by atoms with Crippen molar-refractivity contribution >= 4 is 0 Å². The molecule has 0 aliphatic carbocycles. The molecule has 3 heteroatoms. The second-order valence-electron chi connectivity index (χ2n) is 1.49. The van der Waals surface area contributed by atoms with Crippen molar-refractivity contribution in [3.63, 3.8) is 0 Å². The van der Waals surface area contributed by atoms with Crippen molar-refractivity contribution in [3.05, 3.63) is 0 Å². The van der Waals surface area contributed by atoms with Gasteiger partial charge in [-0.25, -0.2) is 5.43 Å². The standard InChI is InChI=1S/C5H15N3/c1-3-6-5-8-7-4-2/h6-8H,3-5H2,1-2H3. The van der Waals surface area contributed by atoms with E-state index in [-0.39, 0.29) is 0 Å². The highest BCUT2D eigenvalue weighted by Crippen LogP contribution is 1.48.